The second kappa shape index (κ2) is 9.71. The monoisotopic (exact) mass is 561 g/mol. The summed E-state index contributed by atoms with van der Waals surface area (Å²) < 4.78 is 15.3. The summed E-state index contributed by atoms with van der Waals surface area (Å²) in [5, 5.41) is 9.45. The Labute approximate surface area is 240 Å². The maximum atomic E-state index is 13.5. The van der Waals surface area contributed by atoms with Crippen LogP contribution in [0.2, 0.25) is 0 Å². The third-order valence-electron chi connectivity index (χ3n) is 7.06. The normalized spacial score (nSPS) is 13.7. The topological polar surface area (TPSA) is 83.5 Å². The van der Waals surface area contributed by atoms with Gasteiger partial charge >= 0.3 is 0 Å². The van der Waals surface area contributed by atoms with Crippen LogP contribution in [0, 0.1) is 0 Å². The first-order valence-corrected chi connectivity index (χ1v) is 14.2. The predicted octanol–water partition coefficient (Wildman–Crippen LogP) is 5.29. The molecule has 41 heavy (non-hydrogen) atoms. The minimum absolute atomic E-state index is 0.0561. The summed E-state index contributed by atoms with van der Waals surface area (Å²) >= 11 is 1.31. The molecule has 8 nitrogen and oxygen atoms in total. The quantitative estimate of drug-likeness (QED) is 0.291. The van der Waals surface area contributed by atoms with E-state index in [9.17, 15) is 4.79 Å². The minimum atomic E-state index is -0.212. The Morgan fingerprint density at radius 2 is 1.61 bits per heavy atom. The Kier molecular flexibility index (Phi) is 5.97. The molecule has 0 bridgehead atoms. The Morgan fingerprint density at radius 3 is 2.34 bits per heavy atom. The number of thiazole rings is 1. The first-order chi connectivity index (χ1) is 19.8. The third kappa shape index (κ3) is 4.68. The lowest BCUT2D eigenvalue weighted by Crippen LogP contribution is -2.23. The van der Waals surface area contributed by atoms with Crippen molar-refractivity contribution in [3.8, 4) is 39.8 Å². The number of fused-ring (bicyclic) bond motifs is 2. The highest BCUT2D eigenvalue weighted by molar-refractivity contribution is 7.15. The van der Waals surface area contributed by atoms with Gasteiger partial charge in [-0.25, -0.2) is 4.68 Å². The van der Waals surface area contributed by atoms with Crippen molar-refractivity contribution in [2.45, 2.75) is 26.2 Å². The second-order valence-electron chi connectivity index (χ2n) is 10.9. The molecule has 1 aliphatic heterocycles. The van der Waals surface area contributed by atoms with Crippen molar-refractivity contribution in [1.82, 2.24) is 24.4 Å². The van der Waals surface area contributed by atoms with Gasteiger partial charge in [-0.1, -0.05) is 74.6 Å². The van der Waals surface area contributed by atoms with Gasteiger partial charge in [0.05, 0.1) is 10.2 Å². The number of aromatic nitrogens is 5. The van der Waals surface area contributed by atoms with Crippen molar-refractivity contribution in [2.24, 2.45) is 0 Å². The molecular formula is C32H27N5O3S. The molecule has 7 rings (SSSR count). The summed E-state index contributed by atoms with van der Waals surface area (Å²) in [6.45, 7) is 7.56. The zero-order valence-electron chi connectivity index (χ0n) is 22.9. The van der Waals surface area contributed by atoms with Crippen LogP contribution in [0.5, 0.6) is 11.5 Å². The Morgan fingerprint density at radius 1 is 0.878 bits per heavy atom. The van der Waals surface area contributed by atoms with Gasteiger partial charge in [0.2, 0.25) is 4.96 Å². The van der Waals surface area contributed by atoms with E-state index < -0.39 is 0 Å². The van der Waals surface area contributed by atoms with Gasteiger partial charge in [-0.05, 0) is 47.4 Å². The van der Waals surface area contributed by atoms with Crippen molar-refractivity contribution < 1.29 is 9.47 Å². The average Bonchev–Trinajstić information content (AvgIpc) is 3.68. The van der Waals surface area contributed by atoms with Gasteiger partial charge in [-0.15, -0.1) is 5.10 Å². The van der Waals surface area contributed by atoms with E-state index in [1.807, 2.05) is 77.6 Å². The van der Waals surface area contributed by atoms with Crippen LogP contribution in [0.3, 0.4) is 0 Å². The number of rotatable bonds is 4. The molecule has 3 aromatic carbocycles. The molecule has 0 amide bonds. The minimum Gasteiger partial charge on any atom is -0.486 e. The van der Waals surface area contributed by atoms with E-state index in [1.165, 1.54) is 21.4 Å². The van der Waals surface area contributed by atoms with Crippen molar-refractivity contribution in [2.75, 3.05) is 13.2 Å². The highest BCUT2D eigenvalue weighted by Gasteiger charge is 2.19. The van der Waals surface area contributed by atoms with Crippen LogP contribution < -0.4 is 19.6 Å². The number of nitrogens with zero attached hydrogens (tertiary/aromatic N) is 5. The van der Waals surface area contributed by atoms with Crippen LogP contribution in [-0.4, -0.2) is 37.6 Å². The van der Waals surface area contributed by atoms with E-state index in [0.717, 1.165) is 28.1 Å². The van der Waals surface area contributed by atoms with Crippen molar-refractivity contribution in [3.63, 3.8) is 0 Å². The van der Waals surface area contributed by atoms with E-state index in [1.54, 1.807) is 0 Å². The maximum absolute atomic E-state index is 13.5. The zero-order valence-corrected chi connectivity index (χ0v) is 23.7. The molecule has 0 saturated heterocycles. The molecule has 0 N–H and O–H groups in total. The Hall–Kier alpha value is -4.76. The van der Waals surface area contributed by atoms with Gasteiger partial charge in [-0.3, -0.25) is 4.79 Å². The third-order valence-corrected chi connectivity index (χ3v) is 8.02. The molecule has 0 fully saturated rings. The summed E-state index contributed by atoms with van der Waals surface area (Å²) in [6, 6.07) is 23.9. The largest absolute Gasteiger partial charge is 0.486 e. The number of ether oxygens (including phenoxy) is 2. The van der Waals surface area contributed by atoms with Gasteiger partial charge in [0.1, 0.15) is 18.9 Å². The van der Waals surface area contributed by atoms with Crippen LogP contribution in [0.1, 0.15) is 31.9 Å². The highest BCUT2D eigenvalue weighted by atomic mass is 32.1. The fraction of sp³-hybridized carbons (Fsp3) is 0.188. The molecule has 0 spiro atoms. The van der Waals surface area contributed by atoms with Crippen LogP contribution in [0.25, 0.3) is 39.4 Å². The first-order valence-electron chi connectivity index (χ1n) is 13.4. The average molecular weight is 562 g/mol. The molecule has 0 saturated carbocycles. The smallest absolute Gasteiger partial charge is 0.291 e. The van der Waals surface area contributed by atoms with Crippen LogP contribution >= 0.6 is 11.3 Å². The maximum Gasteiger partial charge on any atom is 0.291 e. The number of hydrogen-bond acceptors (Lipinski definition) is 7. The molecule has 3 aromatic heterocycles. The molecule has 6 aromatic rings. The van der Waals surface area contributed by atoms with Gasteiger partial charge in [0, 0.05) is 22.9 Å². The summed E-state index contributed by atoms with van der Waals surface area (Å²) in [4.78, 5) is 18.7. The molecule has 0 atom stereocenters. The van der Waals surface area contributed by atoms with Gasteiger partial charge in [0.15, 0.2) is 17.3 Å². The molecule has 204 valence electrons. The van der Waals surface area contributed by atoms with E-state index in [2.05, 4.69) is 43.0 Å². The predicted molar refractivity (Wildman–Crippen MR) is 160 cm³/mol. The number of hydrogen-bond donors (Lipinski definition) is 0. The number of benzene rings is 3. The van der Waals surface area contributed by atoms with E-state index in [-0.39, 0.29) is 11.0 Å². The molecular weight excluding hydrogens is 534 g/mol. The van der Waals surface area contributed by atoms with Gasteiger partial charge in [-0.2, -0.15) is 14.6 Å². The molecule has 1 aliphatic rings. The SMILES string of the molecule is CC(C)(C)c1ccc(-c2nc3sc(=Cc4cn(-c5ccccc5)nc4-c4ccc5c(c4)OCCO5)c(=O)n3n2)cc1. The van der Waals surface area contributed by atoms with E-state index in [4.69, 9.17) is 14.6 Å². The van der Waals surface area contributed by atoms with Crippen LogP contribution in [0.4, 0.5) is 0 Å². The fourth-order valence-corrected chi connectivity index (χ4v) is 5.74. The van der Waals surface area contributed by atoms with Crippen molar-refractivity contribution >= 4 is 22.4 Å². The van der Waals surface area contributed by atoms with Crippen LogP contribution in [-0.2, 0) is 5.41 Å². The second-order valence-corrected chi connectivity index (χ2v) is 12.0. The Balaban J connectivity index is 1.31. The molecule has 0 unspecified atom stereocenters. The molecule has 4 heterocycles. The van der Waals surface area contributed by atoms with E-state index >= 15 is 0 Å². The standard InChI is InChI=1S/C32H27N5O3S/c1-32(2,3)23-12-9-20(10-13-23)29-33-31-37(35-29)30(38)27(41-31)18-22-19-36(24-7-5-4-6-8-24)34-28(22)21-11-14-25-26(17-21)40-16-15-39-25/h4-14,17-19H,15-16H2,1-3H3. The zero-order chi connectivity index (χ0) is 28.1. The molecule has 9 heteroatoms. The fourth-order valence-electron chi connectivity index (χ4n) is 4.84. The van der Waals surface area contributed by atoms with Crippen molar-refractivity contribution in [1.29, 1.82) is 0 Å². The van der Waals surface area contributed by atoms with Crippen LogP contribution in [0.15, 0.2) is 83.8 Å². The first kappa shape index (κ1) is 25.2. The summed E-state index contributed by atoms with van der Waals surface area (Å²) in [5.41, 5.74) is 5.25. The number of para-hydroxylation sites is 1. The lowest BCUT2D eigenvalue weighted by molar-refractivity contribution is 0.171. The summed E-state index contributed by atoms with van der Waals surface area (Å²) in [6.07, 6.45) is 3.79. The Bertz CT molecular complexity index is 2000. The lowest BCUT2D eigenvalue weighted by Gasteiger charge is -2.18. The summed E-state index contributed by atoms with van der Waals surface area (Å²) in [7, 11) is 0. The van der Waals surface area contributed by atoms with E-state index in [0.29, 0.717) is 40.0 Å². The highest BCUT2D eigenvalue weighted by Crippen LogP contribution is 2.35. The van der Waals surface area contributed by atoms with Gasteiger partial charge in [0.25, 0.3) is 5.56 Å². The lowest BCUT2D eigenvalue weighted by atomic mass is 9.87. The van der Waals surface area contributed by atoms with Gasteiger partial charge < -0.3 is 9.47 Å². The van der Waals surface area contributed by atoms with Crippen molar-refractivity contribution in [3.05, 3.63) is 105 Å². The molecule has 0 aliphatic carbocycles. The molecule has 0 radical (unpaired) electrons. The summed E-state index contributed by atoms with van der Waals surface area (Å²) in [5.74, 6) is 1.93.